The molecule has 11 nitrogen and oxygen atoms in total. The highest BCUT2D eigenvalue weighted by Crippen LogP contribution is 2.43. The number of nitrogens with one attached hydrogen (secondary N) is 1. The fraction of sp³-hybridized carbons (Fsp3) is 0.500. The van der Waals surface area contributed by atoms with Crippen LogP contribution in [-0.4, -0.2) is 52.9 Å². The Morgan fingerprint density at radius 1 is 0.933 bits per heavy atom. The number of hydrogen-bond donors (Lipinski definition) is 1. The summed E-state index contributed by atoms with van der Waals surface area (Å²) >= 11 is 0. The summed E-state index contributed by atoms with van der Waals surface area (Å²) in [4.78, 5) is 43.3. The standard InChI is InChI=1S/C42H47F7N4O7/c1-3-5-21-58-28-10-6-9-27(22-28)33(50-18-8-13-36(54)57-4-2)25-53-38(55)37-34(52(39(53)56)24-30-31(41(44,45)46)11-7-12-32(30)43)26-59-40(37)16-19-51(20-17-40)23-29-14-15-35(60-29)42(47,48)49/h6-7,9-12,14-15,22,33,50H,3-5,8,13,16-21,23-26H2,1-2H3. The van der Waals surface area contributed by atoms with Crippen LogP contribution in [-0.2, 0) is 58.5 Å². The average Bonchev–Trinajstić information content (AvgIpc) is 3.83. The third-order valence-corrected chi connectivity index (χ3v) is 10.8. The fourth-order valence-electron chi connectivity index (χ4n) is 7.77. The minimum Gasteiger partial charge on any atom is -0.494 e. The second-order valence-corrected chi connectivity index (χ2v) is 14.9. The Hall–Kier alpha value is -4.94. The second-order valence-electron chi connectivity index (χ2n) is 14.9. The van der Waals surface area contributed by atoms with Gasteiger partial charge in [0.15, 0.2) is 0 Å². The molecule has 6 rings (SSSR count). The lowest BCUT2D eigenvalue weighted by molar-refractivity contribution is -0.153. The summed E-state index contributed by atoms with van der Waals surface area (Å²) in [5.41, 5.74) is -4.46. The Morgan fingerprint density at radius 2 is 1.68 bits per heavy atom. The molecule has 1 saturated heterocycles. The van der Waals surface area contributed by atoms with Gasteiger partial charge in [0.2, 0.25) is 5.76 Å². The van der Waals surface area contributed by atoms with Crippen LogP contribution in [0.25, 0.3) is 0 Å². The highest BCUT2D eigenvalue weighted by atomic mass is 19.4. The van der Waals surface area contributed by atoms with Gasteiger partial charge >= 0.3 is 24.0 Å². The van der Waals surface area contributed by atoms with Gasteiger partial charge in [-0.2, -0.15) is 26.3 Å². The van der Waals surface area contributed by atoms with Crippen LogP contribution in [0.4, 0.5) is 30.7 Å². The number of benzene rings is 2. The van der Waals surface area contributed by atoms with Gasteiger partial charge in [0.1, 0.15) is 22.9 Å². The number of fused-ring (bicyclic) bond motifs is 2. The van der Waals surface area contributed by atoms with E-state index >= 15 is 4.39 Å². The Morgan fingerprint density at radius 3 is 2.37 bits per heavy atom. The van der Waals surface area contributed by atoms with Crippen LogP contribution in [0.2, 0.25) is 0 Å². The molecule has 0 amide bonds. The number of unbranched alkanes of at least 4 members (excludes halogenated alkanes) is 1. The van der Waals surface area contributed by atoms with Gasteiger partial charge in [0.25, 0.3) is 5.56 Å². The average molecular weight is 853 g/mol. The number of alkyl halides is 6. The first-order valence-electron chi connectivity index (χ1n) is 19.9. The summed E-state index contributed by atoms with van der Waals surface area (Å²) in [7, 11) is 0. The summed E-state index contributed by atoms with van der Waals surface area (Å²) in [5.74, 6) is -2.13. The van der Waals surface area contributed by atoms with Crippen molar-refractivity contribution in [1.82, 2.24) is 19.4 Å². The lowest BCUT2D eigenvalue weighted by Gasteiger charge is -2.38. The summed E-state index contributed by atoms with van der Waals surface area (Å²) in [6.07, 6.45) is -7.24. The first-order chi connectivity index (χ1) is 28.5. The molecule has 0 aliphatic carbocycles. The van der Waals surface area contributed by atoms with Crippen LogP contribution in [0.1, 0.15) is 97.9 Å². The largest absolute Gasteiger partial charge is 0.494 e. The van der Waals surface area contributed by atoms with Crippen molar-refractivity contribution in [2.45, 2.75) is 103 Å². The molecule has 1 spiro atoms. The monoisotopic (exact) mass is 852 g/mol. The third-order valence-electron chi connectivity index (χ3n) is 10.8. The topological polar surface area (TPSA) is 117 Å². The minimum atomic E-state index is -4.97. The number of piperidine rings is 1. The van der Waals surface area contributed by atoms with Crippen LogP contribution in [0.3, 0.4) is 0 Å². The van der Waals surface area contributed by atoms with Crippen LogP contribution in [0.5, 0.6) is 5.75 Å². The van der Waals surface area contributed by atoms with Crippen molar-refractivity contribution in [2.24, 2.45) is 0 Å². The van der Waals surface area contributed by atoms with E-state index in [4.69, 9.17) is 18.6 Å². The van der Waals surface area contributed by atoms with Gasteiger partial charge in [-0.15, -0.1) is 0 Å². The normalized spacial score (nSPS) is 15.9. The molecule has 2 aromatic carbocycles. The van der Waals surface area contributed by atoms with Gasteiger partial charge in [0.05, 0.1) is 62.3 Å². The lowest BCUT2D eigenvalue weighted by Crippen LogP contribution is -2.50. The quantitative estimate of drug-likeness (QED) is 0.0648. The zero-order chi connectivity index (χ0) is 43.2. The molecule has 0 radical (unpaired) electrons. The van der Waals surface area contributed by atoms with Crippen molar-refractivity contribution < 1.29 is 54.2 Å². The molecule has 4 heterocycles. The van der Waals surface area contributed by atoms with E-state index in [0.717, 1.165) is 46.2 Å². The van der Waals surface area contributed by atoms with Crippen LogP contribution >= 0.6 is 0 Å². The van der Waals surface area contributed by atoms with Gasteiger partial charge in [-0.1, -0.05) is 31.5 Å². The third kappa shape index (κ3) is 10.1. The molecule has 0 saturated carbocycles. The number of rotatable bonds is 17. The molecule has 1 fully saturated rings. The number of carbonyl (C=O) groups excluding carboxylic acids is 1. The van der Waals surface area contributed by atoms with Crippen molar-refractivity contribution in [2.75, 3.05) is 32.8 Å². The molecule has 4 aromatic rings. The molecule has 326 valence electrons. The first kappa shape index (κ1) is 44.6. The van der Waals surface area contributed by atoms with Crippen molar-refractivity contribution >= 4 is 5.97 Å². The summed E-state index contributed by atoms with van der Waals surface area (Å²) < 4.78 is 122. The van der Waals surface area contributed by atoms with Crippen molar-refractivity contribution in [3.8, 4) is 5.75 Å². The molecule has 2 aromatic heterocycles. The summed E-state index contributed by atoms with van der Waals surface area (Å²) in [6, 6.07) is 10.8. The van der Waals surface area contributed by atoms with Crippen LogP contribution in [0.15, 0.2) is 68.6 Å². The van der Waals surface area contributed by atoms with Crippen molar-refractivity contribution in [3.63, 3.8) is 0 Å². The van der Waals surface area contributed by atoms with Crippen LogP contribution in [0, 0.1) is 5.82 Å². The molecule has 1 N–H and O–H groups in total. The molecular formula is C42H47F7N4O7. The minimum absolute atomic E-state index is 0.0113. The number of hydrogen-bond acceptors (Lipinski definition) is 9. The SMILES string of the molecule is CCCCOc1cccc(C(Cn2c(=O)c3c(n(Cc4c(F)cccc4C(F)(F)F)c2=O)COC32CCN(Cc3ccc(C(F)(F)F)o3)CC2)NCCCC(=O)OCC)c1. The Balaban J connectivity index is 1.40. The number of furan rings is 1. The Bertz CT molecular complexity index is 2240. The van der Waals surface area contributed by atoms with Gasteiger partial charge in [-0.25, -0.2) is 9.18 Å². The number of nitrogens with zero attached hydrogens (tertiary/aromatic N) is 3. The number of ether oxygens (including phenoxy) is 3. The maximum Gasteiger partial charge on any atom is 0.449 e. The van der Waals surface area contributed by atoms with E-state index < -0.39 is 70.5 Å². The van der Waals surface area contributed by atoms with Gasteiger partial charge in [0, 0.05) is 25.1 Å². The smallest absolute Gasteiger partial charge is 0.449 e. The van der Waals surface area contributed by atoms with E-state index in [2.05, 4.69) is 5.32 Å². The van der Waals surface area contributed by atoms with E-state index in [1.807, 2.05) is 11.8 Å². The number of carbonyl (C=O) groups is 1. The van der Waals surface area contributed by atoms with Crippen molar-refractivity contribution in [1.29, 1.82) is 0 Å². The highest BCUT2D eigenvalue weighted by molar-refractivity contribution is 5.69. The number of halogens is 7. The van der Waals surface area contributed by atoms with Gasteiger partial charge in [-0.05, 0) is 81.1 Å². The number of aromatic nitrogens is 2. The molecular weight excluding hydrogens is 805 g/mol. The van der Waals surface area contributed by atoms with E-state index in [9.17, 15) is 40.7 Å². The van der Waals surface area contributed by atoms with Crippen LogP contribution < -0.4 is 21.3 Å². The van der Waals surface area contributed by atoms with E-state index in [-0.39, 0.29) is 82.2 Å². The van der Waals surface area contributed by atoms with E-state index in [1.54, 1.807) is 31.2 Å². The van der Waals surface area contributed by atoms with E-state index in [1.165, 1.54) is 6.07 Å². The zero-order valence-corrected chi connectivity index (χ0v) is 33.2. The molecule has 2 aliphatic heterocycles. The molecule has 60 heavy (non-hydrogen) atoms. The van der Waals surface area contributed by atoms with E-state index in [0.29, 0.717) is 24.3 Å². The molecule has 1 unspecified atom stereocenters. The fourth-order valence-corrected chi connectivity index (χ4v) is 7.77. The van der Waals surface area contributed by atoms with Crippen molar-refractivity contribution in [3.05, 3.63) is 121 Å². The molecule has 0 bridgehead atoms. The maximum absolute atomic E-state index is 15.4. The predicted molar refractivity (Wildman–Crippen MR) is 204 cm³/mol. The summed E-state index contributed by atoms with van der Waals surface area (Å²) in [5, 5.41) is 3.32. The molecule has 18 heteroatoms. The Kier molecular flexibility index (Phi) is 14.0. The first-order valence-corrected chi connectivity index (χ1v) is 19.9. The van der Waals surface area contributed by atoms with Gasteiger partial charge in [-0.3, -0.25) is 23.6 Å². The second kappa shape index (κ2) is 18.8. The number of likely N-dealkylation sites (tertiary alicyclic amines) is 1. The Labute approximate surface area is 341 Å². The molecule has 1 atom stereocenters. The summed E-state index contributed by atoms with van der Waals surface area (Å²) in [6.45, 7) is 3.54. The van der Waals surface area contributed by atoms with Gasteiger partial charge < -0.3 is 23.9 Å². The maximum atomic E-state index is 15.4. The lowest BCUT2D eigenvalue weighted by atomic mass is 9.85. The molecule has 2 aliphatic rings. The predicted octanol–water partition coefficient (Wildman–Crippen LogP) is 7.70. The number of esters is 1. The zero-order valence-electron chi connectivity index (χ0n) is 33.2. The highest BCUT2D eigenvalue weighted by Gasteiger charge is 2.48.